The quantitative estimate of drug-likeness (QED) is 0.428. The van der Waals surface area contributed by atoms with Crippen molar-refractivity contribution < 1.29 is 25.0 Å². The minimum Gasteiger partial charge on any atom is -0.401 e. The van der Waals surface area contributed by atoms with Crippen LogP contribution >= 0.6 is 62.4 Å². The van der Waals surface area contributed by atoms with Crippen molar-refractivity contribution in [3.63, 3.8) is 0 Å². The van der Waals surface area contributed by atoms with Gasteiger partial charge in [-0.25, -0.2) is 10.7 Å². The zero-order chi connectivity index (χ0) is 13.4. The van der Waals surface area contributed by atoms with Crippen LogP contribution in [0.5, 0.6) is 5.75 Å². The van der Waals surface area contributed by atoms with Gasteiger partial charge in [-0.15, -0.1) is 0 Å². The van der Waals surface area contributed by atoms with Crippen molar-refractivity contribution in [2.45, 2.75) is 0 Å². The Morgan fingerprint density at radius 2 is 1.71 bits per heavy atom. The molecule has 0 saturated carbocycles. The molecule has 17 heavy (non-hydrogen) atoms. The summed E-state index contributed by atoms with van der Waals surface area (Å²) < 4.78 is 36.3. The van der Waals surface area contributed by atoms with E-state index in [9.17, 15) is 10.7 Å². The Bertz CT molecular complexity index is 572. The number of phosphoric ester groups is 1. The van der Waals surface area contributed by atoms with Gasteiger partial charge in [0.25, 0.3) is 0 Å². The molecule has 0 atom stereocenters. The maximum atomic E-state index is 11.0. The Morgan fingerprint density at radius 3 is 2.12 bits per heavy atom. The number of benzene rings is 1. The van der Waals surface area contributed by atoms with Gasteiger partial charge in [0, 0.05) is 0 Å². The summed E-state index contributed by atoms with van der Waals surface area (Å²) in [4.78, 5) is 17.3. The van der Waals surface area contributed by atoms with E-state index in [1.54, 1.807) is 0 Å². The van der Waals surface area contributed by atoms with Crippen molar-refractivity contribution in [2.24, 2.45) is 0 Å². The molecule has 0 fully saturated rings. The van der Waals surface area contributed by atoms with Crippen LogP contribution in [0.25, 0.3) is 0 Å². The second-order valence-electron chi connectivity index (χ2n) is 2.60. The fourth-order valence-electron chi connectivity index (χ4n) is 0.894. The third-order valence-electron chi connectivity index (χ3n) is 1.44. The lowest BCUT2D eigenvalue weighted by Crippen LogP contribution is -1.95. The zero-order valence-corrected chi connectivity index (χ0v) is 12.9. The van der Waals surface area contributed by atoms with Gasteiger partial charge in [0.05, 0.1) is 10.0 Å². The van der Waals surface area contributed by atoms with E-state index in [0.717, 1.165) is 6.07 Å². The monoisotopic (exact) mass is 434 g/mol. The van der Waals surface area contributed by atoms with E-state index in [-0.39, 0.29) is 10.0 Å². The first kappa shape index (κ1) is 15.4. The van der Waals surface area contributed by atoms with Gasteiger partial charge >= 0.3 is 27.6 Å². The molecule has 0 aliphatic carbocycles. The molecule has 0 radical (unpaired) electrons. The van der Waals surface area contributed by atoms with Crippen molar-refractivity contribution in [3.05, 3.63) is 24.7 Å². The smallest absolute Gasteiger partial charge is 0.401 e. The Kier molecular flexibility index (Phi) is 5.05. The van der Waals surface area contributed by atoms with Crippen molar-refractivity contribution in [2.75, 3.05) is 0 Å². The molecule has 0 unspecified atom stereocenters. The molecule has 1 aromatic carbocycles. The van der Waals surface area contributed by atoms with Crippen LogP contribution in [0.1, 0.15) is 0 Å². The first-order valence-corrected chi connectivity index (χ1v) is 9.12. The minimum absolute atomic E-state index is 0.179. The summed E-state index contributed by atoms with van der Waals surface area (Å²) in [7, 11) is -4.98. The lowest BCUT2D eigenvalue weighted by Gasteiger charge is -2.11. The van der Waals surface area contributed by atoms with Crippen LogP contribution in [0.2, 0.25) is 15.1 Å². The molecule has 0 amide bonds. The highest BCUT2D eigenvalue weighted by molar-refractivity contribution is 14.2. The van der Waals surface area contributed by atoms with Crippen molar-refractivity contribution in [1.29, 1.82) is 0 Å². The highest BCUT2D eigenvalue weighted by Crippen LogP contribution is 2.49. The summed E-state index contributed by atoms with van der Waals surface area (Å²) in [5.41, 5.74) is 0. The van der Waals surface area contributed by atoms with Crippen LogP contribution in [-0.4, -0.2) is 9.79 Å². The van der Waals surface area contributed by atoms with Gasteiger partial charge in [-0.3, -0.25) is 9.79 Å². The largest absolute Gasteiger partial charge is 0.524 e. The molecule has 0 spiro atoms. The molecular weight excluding hydrogens is 432 g/mol. The molecule has 96 valence electrons. The summed E-state index contributed by atoms with van der Waals surface area (Å²) in [6.45, 7) is 0. The second-order valence-corrected chi connectivity index (χ2v) is 7.27. The van der Waals surface area contributed by atoms with Crippen LogP contribution in [0, 0.1) is 3.57 Å². The SMILES string of the molecule is O=I(=O)c1c(Cl)cc(Cl)c(Cl)c1OP(=O)(O)O. The summed E-state index contributed by atoms with van der Waals surface area (Å²) in [6, 6.07) is 1.05. The Hall–Kier alpha value is 0.370. The van der Waals surface area contributed by atoms with Crippen molar-refractivity contribution >= 4 is 62.4 Å². The van der Waals surface area contributed by atoms with Gasteiger partial charge in [-0.1, -0.05) is 34.8 Å². The third kappa shape index (κ3) is 3.92. The number of phosphoric acid groups is 1. The molecule has 0 aliphatic heterocycles. The summed E-state index contributed by atoms with van der Waals surface area (Å²) in [5.74, 6) is -0.729. The average Bonchev–Trinajstić information content (AvgIpc) is 2.10. The first-order valence-electron chi connectivity index (χ1n) is 3.61. The Labute approximate surface area is 117 Å². The van der Waals surface area contributed by atoms with E-state index < -0.39 is 42.0 Å². The maximum Gasteiger partial charge on any atom is 0.524 e. The molecular formula is C6H3Cl3IO6P. The van der Waals surface area contributed by atoms with Crippen molar-refractivity contribution in [3.8, 4) is 5.75 Å². The van der Waals surface area contributed by atoms with Gasteiger partial charge in [0.2, 0.25) is 0 Å². The predicted octanol–water partition coefficient (Wildman–Crippen LogP) is 3.49. The van der Waals surface area contributed by atoms with Crippen molar-refractivity contribution in [1.82, 2.24) is 0 Å². The molecule has 11 heteroatoms. The van der Waals surface area contributed by atoms with Gasteiger partial charge in [-0.2, -0.15) is 0 Å². The molecule has 0 saturated heterocycles. The normalized spacial score (nSPS) is 11.9. The third-order valence-corrected chi connectivity index (χ3v) is 5.20. The molecule has 0 aliphatic rings. The topological polar surface area (TPSA) is 101 Å². The van der Waals surface area contributed by atoms with E-state index in [4.69, 9.17) is 44.6 Å². The Balaban J connectivity index is 3.59. The first-order chi connectivity index (χ1) is 7.63. The van der Waals surface area contributed by atoms with Gasteiger partial charge in [-0.05, 0) is 6.07 Å². The van der Waals surface area contributed by atoms with E-state index in [0.29, 0.717) is 0 Å². The number of hydrogen-bond acceptors (Lipinski definition) is 4. The van der Waals surface area contributed by atoms with Gasteiger partial charge < -0.3 is 4.52 Å². The number of hydrogen-bond donors (Lipinski definition) is 2. The predicted molar refractivity (Wildman–Crippen MR) is 68.2 cm³/mol. The second kappa shape index (κ2) is 5.56. The van der Waals surface area contributed by atoms with E-state index >= 15 is 0 Å². The number of rotatable bonds is 3. The molecule has 0 heterocycles. The van der Waals surface area contributed by atoms with E-state index in [2.05, 4.69) is 4.52 Å². The standard InChI is InChI=1S/C6H3Cl3IO6P/c7-2-1-3(8)5(10(11)12)6(4(2)9)16-17(13,14)15/h1H,(H2,13,14,15). The number of halogens is 4. The molecule has 2 N–H and O–H groups in total. The highest BCUT2D eigenvalue weighted by Gasteiger charge is 2.27. The van der Waals surface area contributed by atoms with Crippen LogP contribution in [0.3, 0.4) is 0 Å². The van der Waals surface area contributed by atoms with Crippen LogP contribution in [0.15, 0.2) is 6.07 Å². The lowest BCUT2D eigenvalue weighted by atomic mass is 10.3. The molecule has 0 aromatic heterocycles. The molecule has 1 rings (SSSR count). The minimum atomic E-state index is -4.98. The zero-order valence-electron chi connectivity index (χ0n) is 7.56. The van der Waals surface area contributed by atoms with E-state index in [1.165, 1.54) is 0 Å². The van der Waals surface area contributed by atoms with E-state index in [1.807, 2.05) is 0 Å². The Morgan fingerprint density at radius 1 is 1.18 bits per heavy atom. The van der Waals surface area contributed by atoms with Gasteiger partial charge in [0.1, 0.15) is 8.59 Å². The fourth-order valence-corrected chi connectivity index (χ4v) is 4.08. The summed E-state index contributed by atoms with van der Waals surface area (Å²) >= 11 is 12.6. The highest BCUT2D eigenvalue weighted by atomic mass is 127. The van der Waals surface area contributed by atoms with Crippen LogP contribution in [-0.2, 0) is 10.7 Å². The molecule has 1 aromatic rings. The lowest BCUT2D eigenvalue weighted by molar-refractivity contribution is 0.282. The van der Waals surface area contributed by atoms with Crippen LogP contribution < -0.4 is 4.52 Å². The summed E-state index contributed by atoms with van der Waals surface area (Å²) in [5, 5.41) is -0.914. The van der Waals surface area contributed by atoms with Gasteiger partial charge in [0.15, 0.2) is 5.75 Å². The molecule has 6 nitrogen and oxygen atoms in total. The average molecular weight is 435 g/mol. The maximum absolute atomic E-state index is 11.0. The summed E-state index contributed by atoms with van der Waals surface area (Å²) in [6.07, 6.45) is 0. The van der Waals surface area contributed by atoms with Crippen LogP contribution in [0.4, 0.5) is 0 Å². The molecule has 0 bridgehead atoms. The fraction of sp³-hybridized carbons (Fsp3) is 0.